The standard InChI is InChI=1S/C19H26FN3O2/c1-14-2-4-16(12-17(14)20)19(25)23-10-8-22(9-11-23)18(24)5-3-15-6-7-21-13-15/h2,4,12,15,21H,3,5-11,13H2,1H3. The lowest BCUT2D eigenvalue weighted by Gasteiger charge is -2.35. The van der Waals surface area contributed by atoms with E-state index < -0.39 is 0 Å². The predicted molar refractivity (Wildman–Crippen MR) is 93.8 cm³/mol. The molecule has 0 bridgehead atoms. The van der Waals surface area contributed by atoms with Crippen molar-refractivity contribution in [2.75, 3.05) is 39.3 Å². The van der Waals surface area contributed by atoms with E-state index >= 15 is 0 Å². The Balaban J connectivity index is 1.48. The average molecular weight is 347 g/mol. The van der Waals surface area contributed by atoms with Crippen LogP contribution in [0.5, 0.6) is 0 Å². The number of halogens is 1. The van der Waals surface area contributed by atoms with Crippen LogP contribution < -0.4 is 5.32 Å². The molecule has 1 N–H and O–H groups in total. The van der Waals surface area contributed by atoms with E-state index in [-0.39, 0.29) is 17.6 Å². The van der Waals surface area contributed by atoms with Gasteiger partial charge in [0, 0.05) is 38.2 Å². The molecule has 1 aromatic rings. The number of carbonyl (C=O) groups is 2. The Bertz CT molecular complexity index is 636. The van der Waals surface area contributed by atoms with Gasteiger partial charge in [-0.05, 0) is 56.5 Å². The highest BCUT2D eigenvalue weighted by atomic mass is 19.1. The molecule has 1 atom stereocenters. The number of carbonyl (C=O) groups excluding carboxylic acids is 2. The minimum Gasteiger partial charge on any atom is -0.339 e. The van der Waals surface area contributed by atoms with Crippen molar-refractivity contribution < 1.29 is 14.0 Å². The Labute approximate surface area is 148 Å². The van der Waals surface area contributed by atoms with Crippen LogP contribution in [-0.2, 0) is 4.79 Å². The zero-order chi connectivity index (χ0) is 17.8. The van der Waals surface area contributed by atoms with Gasteiger partial charge in [0.2, 0.25) is 5.91 Å². The molecule has 0 saturated carbocycles. The van der Waals surface area contributed by atoms with Gasteiger partial charge in [-0.1, -0.05) is 6.07 Å². The lowest BCUT2D eigenvalue weighted by atomic mass is 10.0. The Morgan fingerprint density at radius 2 is 1.92 bits per heavy atom. The second-order valence-corrected chi connectivity index (χ2v) is 7.03. The van der Waals surface area contributed by atoms with Crippen molar-refractivity contribution in [2.24, 2.45) is 5.92 Å². The van der Waals surface area contributed by atoms with Crippen LogP contribution in [0.3, 0.4) is 0 Å². The molecule has 6 heteroatoms. The van der Waals surface area contributed by atoms with E-state index in [0.29, 0.717) is 49.6 Å². The summed E-state index contributed by atoms with van der Waals surface area (Å²) >= 11 is 0. The first-order chi connectivity index (χ1) is 12.0. The predicted octanol–water partition coefficient (Wildman–Crippen LogP) is 1.81. The zero-order valence-electron chi connectivity index (χ0n) is 14.8. The summed E-state index contributed by atoms with van der Waals surface area (Å²) in [6.07, 6.45) is 2.68. The number of hydrogen-bond acceptors (Lipinski definition) is 3. The van der Waals surface area contributed by atoms with Crippen molar-refractivity contribution in [1.29, 1.82) is 0 Å². The van der Waals surface area contributed by atoms with Crippen molar-refractivity contribution in [2.45, 2.75) is 26.2 Å². The van der Waals surface area contributed by atoms with Crippen LogP contribution in [0.2, 0.25) is 0 Å². The Hall–Kier alpha value is -1.95. The van der Waals surface area contributed by atoms with Crippen LogP contribution in [0.1, 0.15) is 35.2 Å². The molecule has 3 rings (SSSR count). The first-order valence-corrected chi connectivity index (χ1v) is 9.08. The minimum atomic E-state index is -0.360. The molecular formula is C19H26FN3O2. The van der Waals surface area contributed by atoms with Crippen molar-refractivity contribution in [1.82, 2.24) is 15.1 Å². The number of piperazine rings is 1. The monoisotopic (exact) mass is 347 g/mol. The van der Waals surface area contributed by atoms with Crippen LogP contribution >= 0.6 is 0 Å². The number of rotatable bonds is 4. The molecule has 1 unspecified atom stereocenters. The van der Waals surface area contributed by atoms with Gasteiger partial charge in [0.15, 0.2) is 0 Å². The maximum atomic E-state index is 13.7. The maximum absolute atomic E-state index is 13.7. The Morgan fingerprint density at radius 3 is 2.56 bits per heavy atom. The summed E-state index contributed by atoms with van der Waals surface area (Å²) in [4.78, 5) is 28.4. The van der Waals surface area contributed by atoms with Gasteiger partial charge in [0.25, 0.3) is 5.91 Å². The summed E-state index contributed by atoms with van der Waals surface area (Å²) < 4.78 is 13.7. The lowest BCUT2D eigenvalue weighted by Crippen LogP contribution is -2.50. The second kappa shape index (κ2) is 7.95. The van der Waals surface area contributed by atoms with Crippen LogP contribution in [0.15, 0.2) is 18.2 Å². The molecule has 0 aliphatic carbocycles. The molecule has 1 aromatic carbocycles. The molecular weight excluding hydrogens is 321 g/mol. The number of nitrogens with one attached hydrogen (secondary N) is 1. The van der Waals surface area contributed by atoms with Crippen LogP contribution in [0.4, 0.5) is 4.39 Å². The average Bonchev–Trinajstić information content (AvgIpc) is 3.15. The summed E-state index contributed by atoms with van der Waals surface area (Å²) in [5, 5.41) is 3.32. The van der Waals surface area contributed by atoms with Crippen molar-refractivity contribution in [3.05, 3.63) is 35.1 Å². The zero-order valence-corrected chi connectivity index (χ0v) is 14.8. The van der Waals surface area contributed by atoms with Crippen LogP contribution in [0.25, 0.3) is 0 Å². The molecule has 0 aromatic heterocycles. The highest BCUT2D eigenvalue weighted by Crippen LogP contribution is 2.17. The van der Waals surface area contributed by atoms with E-state index in [4.69, 9.17) is 0 Å². The third-order valence-corrected chi connectivity index (χ3v) is 5.27. The summed E-state index contributed by atoms with van der Waals surface area (Å²) in [5.74, 6) is 0.271. The number of benzene rings is 1. The van der Waals surface area contributed by atoms with Gasteiger partial charge in [-0.25, -0.2) is 4.39 Å². The van der Waals surface area contributed by atoms with Gasteiger partial charge in [0.1, 0.15) is 5.82 Å². The van der Waals surface area contributed by atoms with Crippen molar-refractivity contribution >= 4 is 11.8 Å². The van der Waals surface area contributed by atoms with Crippen LogP contribution in [0, 0.1) is 18.7 Å². The Kier molecular flexibility index (Phi) is 5.68. The molecule has 25 heavy (non-hydrogen) atoms. The summed E-state index contributed by atoms with van der Waals surface area (Å²) in [5.41, 5.74) is 0.904. The van der Waals surface area contributed by atoms with E-state index in [1.165, 1.54) is 6.07 Å². The molecule has 0 spiro atoms. The third kappa shape index (κ3) is 4.37. The summed E-state index contributed by atoms with van der Waals surface area (Å²) in [6.45, 7) is 5.87. The van der Waals surface area contributed by atoms with E-state index in [2.05, 4.69) is 5.32 Å². The maximum Gasteiger partial charge on any atom is 0.254 e. The highest BCUT2D eigenvalue weighted by Gasteiger charge is 2.26. The van der Waals surface area contributed by atoms with Gasteiger partial charge < -0.3 is 15.1 Å². The molecule has 0 radical (unpaired) electrons. The number of aryl methyl sites for hydroxylation is 1. The normalized spacial score (nSPS) is 20.8. The van der Waals surface area contributed by atoms with Gasteiger partial charge in [-0.15, -0.1) is 0 Å². The largest absolute Gasteiger partial charge is 0.339 e. The van der Waals surface area contributed by atoms with Crippen molar-refractivity contribution in [3.8, 4) is 0 Å². The number of amides is 2. The topological polar surface area (TPSA) is 52.7 Å². The fourth-order valence-corrected chi connectivity index (χ4v) is 3.51. The lowest BCUT2D eigenvalue weighted by molar-refractivity contribution is -0.132. The first kappa shape index (κ1) is 17.9. The minimum absolute atomic E-state index is 0.164. The second-order valence-electron chi connectivity index (χ2n) is 7.03. The number of nitrogens with zero attached hydrogens (tertiary/aromatic N) is 2. The van der Waals surface area contributed by atoms with Crippen LogP contribution in [-0.4, -0.2) is 60.9 Å². The Morgan fingerprint density at radius 1 is 1.20 bits per heavy atom. The van der Waals surface area contributed by atoms with E-state index in [1.807, 2.05) is 4.90 Å². The van der Waals surface area contributed by atoms with Gasteiger partial charge in [-0.2, -0.15) is 0 Å². The molecule has 2 saturated heterocycles. The summed E-state index contributed by atoms with van der Waals surface area (Å²) in [7, 11) is 0. The van der Waals surface area contributed by atoms with Crippen molar-refractivity contribution in [3.63, 3.8) is 0 Å². The van der Waals surface area contributed by atoms with E-state index in [0.717, 1.165) is 25.9 Å². The number of hydrogen-bond donors (Lipinski definition) is 1. The highest BCUT2D eigenvalue weighted by molar-refractivity contribution is 5.94. The molecule has 2 amide bonds. The van der Waals surface area contributed by atoms with E-state index in [9.17, 15) is 14.0 Å². The van der Waals surface area contributed by atoms with E-state index in [1.54, 1.807) is 24.0 Å². The molecule has 136 valence electrons. The molecule has 2 aliphatic rings. The van der Waals surface area contributed by atoms with Gasteiger partial charge in [0.05, 0.1) is 0 Å². The molecule has 2 aliphatic heterocycles. The quantitative estimate of drug-likeness (QED) is 0.904. The smallest absolute Gasteiger partial charge is 0.254 e. The van der Waals surface area contributed by atoms with Gasteiger partial charge >= 0.3 is 0 Å². The van der Waals surface area contributed by atoms with Gasteiger partial charge in [-0.3, -0.25) is 9.59 Å². The molecule has 2 heterocycles. The fourth-order valence-electron chi connectivity index (χ4n) is 3.51. The fraction of sp³-hybridized carbons (Fsp3) is 0.579. The summed E-state index contributed by atoms with van der Waals surface area (Å²) in [6, 6.07) is 4.58. The molecule has 2 fully saturated rings. The molecule has 5 nitrogen and oxygen atoms in total. The SMILES string of the molecule is Cc1ccc(C(=O)N2CCN(C(=O)CCC3CCNC3)CC2)cc1F. The third-order valence-electron chi connectivity index (χ3n) is 5.27. The first-order valence-electron chi connectivity index (χ1n) is 9.08.